The minimum atomic E-state index is -0.402. The van der Waals surface area contributed by atoms with E-state index in [0.717, 1.165) is 15.8 Å². The van der Waals surface area contributed by atoms with E-state index in [1.165, 1.54) is 28.4 Å². The van der Waals surface area contributed by atoms with Gasteiger partial charge in [-0.05, 0) is 48.4 Å². The first-order chi connectivity index (χ1) is 15.5. The number of hydrogen-bond acceptors (Lipinski definition) is 5. The molecular formula is C24H16ClN3O3S. The summed E-state index contributed by atoms with van der Waals surface area (Å²) in [6, 6.07) is 19.5. The third-order valence-corrected chi connectivity index (χ3v) is 6.44. The molecule has 0 aliphatic carbocycles. The second kappa shape index (κ2) is 8.18. The molecule has 3 aromatic carbocycles. The number of halogens is 1. The summed E-state index contributed by atoms with van der Waals surface area (Å²) in [6.07, 6.45) is 0.571. The van der Waals surface area contributed by atoms with Crippen molar-refractivity contribution >= 4 is 56.0 Å². The lowest BCUT2D eigenvalue weighted by atomic mass is 10.1. The van der Waals surface area contributed by atoms with Crippen LogP contribution in [0.2, 0.25) is 5.02 Å². The van der Waals surface area contributed by atoms with Crippen LogP contribution in [0.15, 0.2) is 66.7 Å². The largest absolute Gasteiger partial charge is 0.298 e. The van der Waals surface area contributed by atoms with E-state index in [4.69, 9.17) is 11.6 Å². The number of thiazole rings is 1. The average molecular weight is 462 g/mol. The van der Waals surface area contributed by atoms with Gasteiger partial charge in [0.15, 0.2) is 5.13 Å². The number of rotatable bonds is 5. The maximum absolute atomic E-state index is 12.9. The third kappa shape index (κ3) is 3.77. The summed E-state index contributed by atoms with van der Waals surface area (Å²) in [7, 11) is 0. The molecule has 158 valence electrons. The van der Waals surface area contributed by atoms with Gasteiger partial charge in [0.1, 0.15) is 0 Å². The molecule has 1 N–H and O–H groups in total. The molecule has 32 heavy (non-hydrogen) atoms. The average Bonchev–Trinajstić information content (AvgIpc) is 3.30. The molecule has 4 aromatic rings. The van der Waals surface area contributed by atoms with Crippen LogP contribution in [0, 0.1) is 0 Å². The second-order valence-corrected chi connectivity index (χ2v) is 8.81. The van der Waals surface area contributed by atoms with Gasteiger partial charge < -0.3 is 0 Å². The molecular weight excluding hydrogens is 446 g/mol. The summed E-state index contributed by atoms with van der Waals surface area (Å²) >= 11 is 7.32. The molecule has 0 unspecified atom stereocenters. The Hall–Kier alpha value is -3.55. The lowest BCUT2D eigenvalue weighted by Gasteiger charge is -2.13. The summed E-state index contributed by atoms with van der Waals surface area (Å²) in [4.78, 5) is 43.9. The lowest BCUT2D eigenvalue weighted by molar-refractivity contribution is 0.0656. The minimum absolute atomic E-state index is 0.242. The number of benzene rings is 3. The number of carbonyl (C=O) groups excluding carboxylic acids is 3. The Kier molecular flexibility index (Phi) is 5.20. The number of fused-ring (bicyclic) bond motifs is 2. The molecule has 0 bridgehead atoms. The Bertz CT molecular complexity index is 1380. The summed E-state index contributed by atoms with van der Waals surface area (Å²) in [5.41, 5.74) is 2.62. The molecule has 0 radical (unpaired) electrons. The van der Waals surface area contributed by atoms with Crippen LogP contribution < -0.4 is 5.32 Å². The van der Waals surface area contributed by atoms with Crippen LogP contribution in [-0.4, -0.2) is 34.2 Å². The quantitative estimate of drug-likeness (QED) is 0.422. The Morgan fingerprint density at radius 2 is 1.75 bits per heavy atom. The van der Waals surface area contributed by atoms with Gasteiger partial charge >= 0.3 is 0 Å². The summed E-state index contributed by atoms with van der Waals surface area (Å²) in [5, 5.41) is 3.78. The van der Waals surface area contributed by atoms with Crippen LogP contribution >= 0.6 is 22.9 Å². The number of carbonyl (C=O) groups is 3. The summed E-state index contributed by atoms with van der Waals surface area (Å²) < 4.78 is 0.858. The van der Waals surface area contributed by atoms with Crippen LogP contribution in [0.1, 0.15) is 36.6 Å². The maximum atomic E-state index is 12.9. The van der Waals surface area contributed by atoms with Crippen molar-refractivity contribution in [2.24, 2.45) is 0 Å². The maximum Gasteiger partial charge on any atom is 0.261 e. The molecule has 0 spiro atoms. The molecule has 8 heteroatoms. The monoisotopic (exact) mass is 461 g/mol. The molecule has 0 saturated carbocycles. The van der Waals surface area contributed by atoms with Crippen molar-refractivity contribution in [2.75, 3.05) is 11.9 Å². The number of nitrogens with zero attached hydrogens (tertiary/aromatic N) is 2. The highest BCUT2D eigenvalue weighted by molar-refractivity contribution is 7.22. The van der Waals surface area contributed by atoms with Gasteiger partial charge in [-0.25, -0.2) is 4.98 Å². The Balaban J connectivity index is 1.33. The fraction of sp³-hybridized carbons (Fsp3) is 0.0833. The third-order valence-electron chi connectivity index (χ3n) is 5.27. The molecule has 2 heterocycles. The molecule has 1 aromatic heterocycles. The van der Waals surface area contributed by atoms with Crippen molar-refractivity contribution in [1.82, 2.24) is 9.88 Å². The number of hydrogen-bond donors (Lipinski definition) is 1. The predicted molar refractivity (Wildman–Crippen MR) is 125 cm³/mol. The van der Waals surface area contributed by atoms with Crippen molar-refractivity contribution in [3.05, 3.63) is 94.0 Å². The zero-order valence-corrected chi connectivity index (χ0v) is 18.2. The van der Waals surface area contributed by atoms with Crippen molar-refractivity contribution in [3.8, 4) is 0 Å². The summed E-state index contributed by atoms with van der Waals surface area (Å²) in [6.45, 7) is 0.284. The van der Waals surface area contributed by atoms with E-state index in [1.54, 1.807) is 24.3 Å². The summed E-state index contributed by atoms with van der Waals surface area (Å²) in [5.74, 6) is -1.12. The lowest BCUT2D eigenvalue weighted by Crippen LogP contribution is -2.31. The van der Waals surface area contributed by atoms with Crippen LogP contribution in [0.5, 0.6) is 0 Å². The van der Waals surface area contributed by atoms with Crippen LogP contribution in [0.4, 0.5) is 5.13 Å². The van der Waals surface area contributed by atoms with E-state index in [1.807, 2.05) is 30.3 Å². The van der Waals surface area contributed by atoms with E-state index in [0.29, 0.717) is 22.1 Å². The molecule has 1 aliphatic rings. The predicted octanol–water partition coefficient (Wildman–Crippen LogP) is 5.04. The second-order valence-electron chi connectivity index (χ2n) is 7.34. The number of imide groups is 1. The van der Waals surface area contributed by atoms with Crippen molar-refractivity contribution in [1.29, 1.82) is 0 Å². The van der Waals surface area contributed by atoms with Gasteiger partial charge in [-0.2, -0.15) is 0 Å². The highest BCUT2D eigenvalue weighted by Crippen LogP contribution is 2.29. The zero-order chi connectivity index (χ0) is 22.2. The van der Waals surface area contributed by atoms with E-state index < -0.39 is 5.91 Å². The smallest absolute Gasteiger partial charge is 0.261 e. The van der Waals surface area contributed by atoms with Gasteiger partial charge in [-0.1, -0.05) is 53.3 Å². The molecule has 1 aliphatic heterocycles. The fourth-order valence-electron chi connectivity index (χ4n) is 3.64. The molecule has 3 amide bonds. The van der Waals surface area contributed by atoms with E-state index in [-0.39, 0.29) is 29.5 Å². The first-order valence-corrected chi connectivity index (χ1v) is 11.1. The van der Waals surface area contributed by atoms with E-state index in [9.17, 15) is 14.4 Å². The molecule has 0 saturated heterocycles. The highest BCUT2D eigenvalue weighted by atomic mass is 35.5. The van der Waals surface area contributed by atoms with Gasteiger partial charge in [-0.15, -0.1) is 0 Å². The minimum Gasteiger partial charge on any atom is -0.298 e. The number of anilines is 1. The molecule has 6 nitrogen and oxygen atoms in total. The normalized spacial score (nSPS) is 13.0. The molecule has 5 rings (SSSR count). The van der Waals surface area contributed by atoms with Crippen molar-refractivity contribution in [2.45, 2.75) is 6.42 Å². The Morgan fingerprint density at radius 1 is 0.969 bits per heavy atom. The zero-order valence-electron chi connectivity index (χ0n) is 16.7. The van der Waals surface area contributed by atoms with E-state index >= 15 is 0 Å². The fourth-order valence-corrected chi connectivity index (χ4v) is 4.78. The van der Waals surface area contributed by atoms with Crippen molar-refractivity contribution in [3.63, 3.8) is 0 Å². The van der Waals surface area contributed by atoms with Crippen LogP contribution in [0.25, 0.3) is 10.2 Å². The van der Waals surface area contributed by atoms with Gasteiger partial charge in [-0.3, -0.25) is 24.6 Å². The van der Waals surface area contributed by atoms with Gasteiger partial charge in [0.2, 0.25) is 0 Å². The van der Waals surface area contributed by atoms with Crippen LogP contribution in [-0.2, 0) is 6.42 Å². The topological polar surface area (TPSA) is 79.4 Å². The van der Waals surface area contributed by atoms with E-state index in [2.05, 4.69) is 10.3 Å². The Morgan fingerprint density at radius 3 is 2.56 bits per heavy atom. The number of aromatic nitrogens is 1. The molecule has 0 atom stereocenters. The molecule has 0 fully saturated rings. The first-order valence-electron chi connectivity index (χ1n) is 9.91. The number of amides is 3. The standard InChI is InChI=1S/C24H16ClN3O3S/c25-16-7-9-19-20(13-16)32-24(26-19)27-21(29)15-6-8-17-18(12-15)23(31)28(22(17)30)11-10-14-4-2-1-3-5-14/h1-9,12-13H,10-11H2,(H,26,27,29). The Labute approximate surface area is 192 Å². The SMILES string of the molecule is O=C(Nc1nc2ccc(Cl)cc2s1)c1ccc2c(c1)C(=O)N(CCc1ccccc1)C2=O. The van der Waals surface area contributed by atoms with Crippen molar-refractivity contribution < 1.29 is 14.4 Å². The first kappa shape index (κ1) is 20.4. The highest BCUT2D eigenvalue weighted by Gasteiger charge is 2.35. The van der Waals surface area contributed by atoms with Gasteiger partial charge in [0.05, 0.1) is 21.3 Å². The van der Waals surface area contributed by atoms with Crippen LogP contribution in [0.3, 0.4) is 0 Å². The van der Waals surface area contributed by atoms with Gasteiger partial charge in [0, 0.05) is 17.1 Å². The van der Waals surface area contributed by atoms with Gasteiger partial charge in [0.25, 0.3) is 17.7 Å². The number of nitrogens with one attached hydrogen (secondary N) is 1.